The molecule has 7 nitrogen and oxygen atoms in total. The molecular weight excluding hydrogens is 284 g/mol. The number of nitrogens with zero attached hydrogens (tertiary/aromatic N) is 4. The van der Waals surface area contributed by atoms with E-state index < -0.39 is 4.92 Å². The Morgan fingerprint density at radius 3 is 2.59 bits per heavy atom. The Kier molecular flexibility index (Phi) is 3.34. The first-order chi connectivity index (χ1) is 10.7. The molecule has 0 fully saturated rings. The van der Waals surface area contributed by atoms with Crippen molar-refractivity contribution in [2.24, 2.45) is 0 Å². The largest absolute Gasteiger partial charge is 0.334 e. The molecule has 0 atom stereocenters. The van der Waals surface area contributed by atoms with E-state index in [0.717, 1.165) is 0 Å². The standard InChI is InChI=1S/C15H8N4O3/c16-9-10-2-1-3-12(8-10)15-17-14(18-22-15)11-4-6-13(7-5-11)19(20)21/h1-8H. The van der Waals surface area contributed by atoms with E-state index in [4.69, 9.17) is 9.78 Å². The fraction of sp³-hybridized carbons (Fsp3) is 0. The molecule has 2 aromatic carbocycles. The Morgan fingerprint density at radius 2 is 1.91 bits per heavy atom. The molecule has 7 heteroatoms. The van der Waals surface area contributed by atoms with E-state index >= 15 is 0 Å². The van der Waals surface area contributed by atoms with Crippen molar-refractivity contribution in [3.63, 3.8) is 0 Å². The van der Waals surface area contributed by atoms with Gasteiger partial charge in [0.25, 0.3) is 11.6 Å². The molecule has 0 unspecified atom stereocenters. The van der Waals surface area contributed by atoms with Gasteiger partial charge in [0, 0.05) is 23.3 Å². The monoisotopic (exact) mass is 292 g/mol. The summed E-state index contributed by atoms with van der Waals surface area (Å²) in [6.45, 7) is 0. The quantitative estimate of drug-likeness (QED) is 0.542. The lowest BCUT2D eigenvalue weighted by molar-refractivity contribution is -0.384. The third-order valence-electron chi connectivity index (χ3n) is 3.00. The Balaban J connectivity index is 1.93. The van der Waals surface area contributed by atoms with Crippen molar-refractivity contribution in [1.29, 1.82) is 5.26 Å². The second-order valence-electron chi connectivity index (χ2n) is 4.42. The summed E-state index contributed by atoms with van der Waals surface area (Å²) in [7, 11) is 0. The minimum atomic E-state index is -0.473. The van der Waals surface area contributed by atoms with Gasteiger partial charge in [-0.05, 0) is 30.3 Å². The average molecular weight is 292 g/mol. The van der Waals surface area contributed by atoms with Crippen LogP contribution in [-0.2, 0) is 0 Å². The predicted molar refractivity (Wildman–Crippen MR) is 76.5 cm³/mol. The van der Waals surface area contributed by atoms with E-state index in [9.17, 15) is 10.1 Å². The minimum Gasteiger partial charge on any atom is -0.334 e. The van der Waals surface area contributed by atoms with Gasteiger partial charge in [-0.1, -0.05) is 11.2 Å². The van der Waals surface area contributed by atoms with Crippen LogP contribution in [0.25, 0.3) is 22.8 Å². The second-order valence-corrected chi connectivity index (χ2v) is 4.42. The lowest BCUT2D eigenvalue weighted by Crippen LogP contribution is -1.88. The summed E-state index contributed by atoms with van der Waals surface area (Å²) in [5, 5.41) is 23.4. The van der Waals surface area contributed by atoms with Crippen molar-refractivity contribution in [2.45, 2.75) is 0 Å². The Hall–Kier alpha value is -3.53. The van der Waals surface area contributed by atoms with Crippen molar-refractivity contribution in [3.05, 3.63) is 64.2 Å². The fourth-order valence-electron chi connectivity index (χ4n) is 1.91. The van der Waals surface area contributed by atoms with Crippen LogP contribution < -0.4 is 0 Å². The third-order valence-corrected chi connectivity index (χ3v) is 3.00. The topological polar surface area (TPSA) is 106 Å². The predicted octanol–water partition coefficient (Wildman–Crippen LogP) is 3.18. The summed E-state index contributed by atoms with van der Waals surface area (Å²) in [6, 6.07) is 14.7. The molecular formula is C15H8N4O3. The van der Waals surface area contributed by atoms with Crippen molar-refractivity contribution < 1.29 is 9.45 Å². The zero-order valence-corrected chi connectivity index (χ0v) is 11.1. The van der Waals surface area contributed by atoms with Gasteiger partial charge in [-0.15, -0.1) is 0 Å². The van der Waals surface area contributed by atoms with Crippen molar-refractivity contribution in [1.82, 2.24) is 10.1 Å². The van der Waals surface area contributed by atoms with Gasteiger partial charge in [0.2, 0.25) is 5.82 Å². The third kappa shape index (κ3) is 2.53. The van der Waals surface area contributed by atoms with Gasteiger partial charge in [-0.25, -0.2) is 0 Å². The molecule has 3 rings (SSSR count). The number of nitro groups is 1. The highest BCUT2D eigenvalue weighted by Crippen LogP contribution is 2.24. The van der Waals surface area contributed by atoms with E-state index in [2.05, 4.69) is 10.1 Å². The van der Waals surface area contributed by atoms with Crippen molar-refractivity contribution in [3.8, 4) is 28.9 Å². The van der Waals surface area contributed by atoms with Crippen LogP contribution in [-0.4, -0.2) is 15.1 Å². The first kappa shape index (κ1) is 13.5. The summed E-state index contributed by atoms with van der Waals surface area (Å²) < 4.78 is 5.18. The van der Waals surface area contributed by atoms with E-state index in [1.807, 2.05) is 6.07 Å². The molecule has 0 aliphatic heterocycles. The molecule has 0 saturated carbocycles. The van der Waals surface area contributed by atoms with E-state index in [-0.39, 0.29) is 11.6 Å². The van der Waals surface area contributed by atoms with Gasteiger partial charge in [-0.2, -0.15) is 10.2 Å². The molecule has 0 bridgehead atoms. The van der Waals surface area contributed by atoms with E-state index in [1.54, 1.807) is 36.4 Å². The van der Waals surface area contributed by atoms with Crippen LogP contribution in [0.2, 0.25) is 0 Å². The van der Waals surface area contributed by atoms with Gasteiger partial charge in [0.1, 0.15) is 0 Å². The van der Waals surface area contributed by atoms with Crippen LogP contribution in [0, 0.1) is 21.4 Å². The van der Waals surface area contributed by atoms with Crippen molar-refractivity contribution >= 4 is 5.69 Å². The van der Waals surface area contributed by atoms with Crippen LogP contribution in [0.15, 0.2) is 53.1 Å². The maximum atomic E-state index is 10.6. The number of hydrogen-bond donors (Lipinski definition) is 0. The summed E-state index contributed by atoms with van der Waals surface area (Å²) in [5.41, 5.74) is 1.73. The van der Waals surface area contributed by atoms with Crippen LogP contribution in [0.1, 0.15) is 5.56 Å². The molecule has 0 aliphatic carbocycles. The van der Waals surface area contributed by atoms with Gasteiger partial charge in [0.15, 0.2) is 0 Å². The number of hydrogen-bond acceptors (Lipinski definition) is 6. The molecule has 0 amide bonds. The molecule has 0 N–H and O–H groups in total. The lowest BCUT2D eigenvalue weighted by atomic mass is 10.1. The highest BCUT2D eigenvalue weighted by atomic mass is 16.6. The number of non-ortho nitro benzene ring substituents is 1. The van der Waals surface area contributed by atoms with E-state index in [1.165, 1.54) is 12.1 Å². The van der Waals surface area contributed by atoms with Crippen LogP contribution in [0.5, 0.6) is 0 Å². The maximum absolute atomic E-state index is 10.6. The van der Waals surface area contributed by atoms with Gasteiger partial charge < -0.3 is 4.52 Å². The molecule has 0 radical (unpaired) electrons. The molecule has 0 aliphatic rings. The number of nitro benzene ring substituents is 1. The minimum absolute atomic E-state index is 0.00538. The zero-order valence-electron chi connectivity index (χ0n) is 11.1. The summed E-state index contributed by atoms with van der Waals surface area (Å²) in [6.07, 6.45) is 0. The van der Waals surface area contributed by atoms with Gasteiger partial charge in [-0.3, -0.25) is 10.1 Å². The van der Waals surface area contributed by atoms with E-state index in [0.29, 0.717) is 22.5 Å². The SMILES string of the molecule is N#Cc1cccc(-c2nc(-c3ccc([N+](=O)[O-])cc3)no2)c1. The maximum Gasteiger partial charge on any atom is 0.269 e. The number of nitriles is 1. The molecule has 1 aromatic heterocycles. The summed E-state index contributed by atoms with van der Waals surface area (Å²) in [4.78, 5) is 14.4. The molecule has 22 heavy (non-hydrogen) atoms. The second kappa shape index (κ2) is 5.46. The number of benzene rings is 2. The molecule has 3 aromatic rings. The number of rotatable bonds is 3. The Labute approximate surface area is 124 Å². The fourth-order valence-corrected chi connectivity index (χ4v) is 1.91. The molecule has 0 saturated heterocycles. The van der Waals surface area contributed by atoms with Gasteiger partial charge >= 0.3 is 0 Å². The number of aromatic nitrogens is 2. The Bertz CT molecular complexity index is 878. The zero-order chi connectivity index (χ0) is 15.5. The average Bonchev–Trinajstić information content (AvgIpc) is 3.05. The van der Waals surface area contributed by atoms with Crippen LogP contribution in [0.4, 0.5) is 5.69 Å². The first-order valence-electron chi connectivity index (χ1n) is 6.26. The highest BCUT2D eigenvalue weighted by molar-refractivity contribution is 5.62. The molecule has 0 spiro atoms. The first-order valence-corrected chi connectivity index (χ1v) is 6.26. The van der Waals surface area contributed by atoms with Crippen molar-refractivity contribution in [2.75, 3.05) is 0 Å². The summed E-state index contributed by atoms with van der Waals surface area (Å²) >= 11 is 0. The Morgan fingerprint density at radius 1 is 1.14 bits per heavy atom. The van der Waals surface area contributed by atoms with Crippen LogP contribution >= 0.6 is 0 Å². The summed E-state index contributed by atoms with van der Waals surface area (Å²) in [5.74, 6) is 0.609. The highest BCUT2D eigenvalue weighted by Gasteiger charge is 2.12. The van der Waals surface area contributed by atoms with Gasteiger partial charge in [0.05, 0.1) is 16.6 Å². The van der Waals surface area contributed by atoms with Crippen LogP contribution in [0.3, 0.4) is 0 Å². The smallest absolute Gasteiger partial charge is 0.269 e. The normalized spacial score (nSPS) is 10.1. The molecule has 1 heterocycles. The lowest BCUT2D eigenvalue weighted by Gasteiger charge is -1.94. The molecule has 106 valence electrons.